The van der Waals surface area contributed by atoms with Crippen LogP contribution in [0.25, 0.3) is 0 Å². The monoisotopic (exact) mass is 354 g/mol. The smallest absolute Gasteiger partial charge is 0 e. The van der Waals surface area contributed by atoms with Gasteiger partial charge in [0.25, 0.3) is 0 Å². The third-order valence-corrected chi connectivity index (χ3v) is 11.7. The van der Waals surface area contributed by atoms with E-state index >= 15 is 0 Å². The van der Waals surface area contributed by atoms with Crippen molar-refractivity contribution in [2.75, 3.05) is 0 Å². The van der Waals surface area contributed by atoms with Gasteiger partial charge in [-0.05, 0) is 96.7 Å². The molecule has 7 aliphatic rings. The molecule has 12 atom stereocenters. The molecule has 0 amide bonds. The van der Waals surface area contributed by atoms with Crippen LogP contribution in [-0.2, 0) is 0 Å². The van der Waals surface area contributed by atoms with E-state index in [0.717, 1.165) is 0 Å². The molecule has 0 heteroatoms. The fourth-order valence-electron chi connectivity index (χ4n) is 10.7. The summed E-state index contributed by atoms with van der Waals surface area (Å²) >= 11 is 0. The molecule has 0 bridgehead atoms. The molecule has 12 unspecified atom stereocenters. The maximum Gasteiger partial charge on any atom is 0 e. The van der Waals surface area contributed by atoms with Crippen LogP contribution in [0.2, 0.25) is 0 Å². The van der Waals surface area contributed by atoms with Crippen molar-refractivity contribution in [2.24, 2.45) is 71.0 Å². The van der Waals surface area contributed by atoms with Crippen molar-refractivity contribution in [3.63, 3.8) is 0 Å². The zero-order valence-corrected chi connectivity index (χ0v) is 16.8. The average Bonchev–Trinajstić information content (AvgIpc) is 2.60. The molecule has 0 aliphatic heterocycles. The second-order valence-corrected chi connectivity index (χ2v) is 12.0. The first kappa shape index (κ1) is 15.9. The summed E-state index contributed by atoms with van der Waals surface area (Å²) in [5.74, 6) is 15.0. The Morgan fingerprint density at radius 3 is 0.846 bits per heavy atom. The minimum Gasteiger partial charge on any atom is -0.0533 e. The van der Waals surface area contributed by atoms with E-state index in [2.05, 4.69) is 0 Å². The summed E-state index contributed by atoms with van der Waals surface area (Å²) < 4.78 is 0. The first-order valence-corrected chi connectivity index (χ1v) is 13.0. The number of fused-ring (bicyclic) bond motifs is 16. The highest BCUT2D eigenvalue weighted by Crippen LogP contribution is 2.89. The molecule has 146 valence electrons. The van der Waals surface area contributed by atoms with Gasteiger partial charge >= 0.3 is 0 Å². The molecule has 0 heterocycles. The molecule has 0 saturated heterocycles. The fraction of sp³-hybridized carbons (Fsp3) is 1.00. The third kappa shape index (κ3) is 1.80. The van der Waals surface area contributed by atoms with Crippen molar-refractivity contribution in [1.29, 1.82) is 0 Å². The minimum absolute atomic E-state index is 0. The van der Waals surface area contributed by atoms with Gasteiger partial charge in [0, 0.05) is 1.43 Å². The lowest BCUT2D eigenvalue weighted by Crippen LogP contribution is -2.86. The van der Waals surface area contributed by atoms with Crippen LogP contribution >= 0.6 is 0 Å². The molecule has 0 aromatic heterocycles. The van der Waals surface area contributed by atoms with Crippen LogP contribution in [0.3, 0.4) is 0 Å². The molecule has 7 saturated carbocycles. The normalized spacial score (nSPS) is 62.8. The van der Waals surface area contributed by atoms with Crippen molar-refractivity contribution in [3.8, 4) is 0 Å². The molecular weight excluding hydrogens is 312 g/mol. The van der Waals surface area contributed by atoms with E-state index in [-0.39, 0.29) is 1.43 Å². The molecule has 7 rings (SSSR count). The topological polar surface area (TPSA) is 0 Å². The third-order valence-electron chi connectivity index (χ3n) is 11.7. The Balaban J connectivity index is 0.00000146. The Morgan fingerprint density at radius 1 is 0.269 bits per heavy atom. The van der Waals surface area contributed by atoms with E-state index in [4.69, 9.17) is 0 Å². The van der Waals surface area contributed by atoms with Crippen molar-refractivity contribution in [1.82, 2.24) is 0 Å². The Bertz CT molecular complexity index is 521. The van der Waals surface area contributed by atoms with Crippen molar-refractivity contribution in [2.45, 2.75) is 89.9 Å². The Kier molecular flexibility index (Phi) is 3.52. The lowest BCUT2D eigenvalue weighted by atomic mass is 9.14. The highest BCUT2D eigenvalue weighted by molar-refractivity contribution is 5.32. The molecular formula is C26H42. The van der Waals surface area contributed by atoms with Gasteiger partial charge in [0.05, 0.1) is 0 Å². The molecule has 7 aliphatic carbocycles. The van der Waals surface area contributed by atoms with Gasteiger partial charge in [-0.25, -0.2) is 0 Å². The molecule has 0 nitrogen and oxygen atoms in total. The van der Waals surface area contributed by atoms with Gasteiger partial charge in [0.15, 0.2) is 0 Å². The highest BCUT2D eigenvalue weighted by atomic mass is 14.9. The summed E-state index contributed by atoms with van der Waals surface area (Å²) in [7, 11) is 0. The summed E-state index contributed by atoms with van der Waals surface area (Å²) in [4.78, 5) is 0. The van der Waals surface area contributed by atoms with Crippen LogP contribution in [0.5, 0.6) is 0 Å². The van der Waals surface area contributed by atoms with Gasteiger partial charge in [-0.3, -0.25) is 0 Å². The highest BCUT2D eigenvalue weighted by Gasteiger charge is 2.85. The van der Waals surface area contributed by atoms with Crippen molar-refractivity contribution >= 4 is 0 Å². The maximum atomic E-state index is 1.63. The lowest BCUT2D eigenvalue weighted by molar-refractivity contribution is -0.431. The molecule has 0 aromatic carbocycles. The van der Waals surface area contributed by atoms with Crippen molar-refractivity contribution in [3.05, 3.63) is 0 Å². The van der Waals surface area contributed by atoms with Crippen LogP contribution in [0.1, 0.15) is 91.3 Å². The predicted molar refractivity (Wildman–Crippen MR) is 109 cm³/mol. The van der Waals surface area contributed by atoms with Gasteiger partial charge in [-0.1, -0.05) is 64.2 Å². The predicted octanol–water partition coefficient (Wildman–Crippen LogP) is 7.18. The Hall–Kier alpha value is 0. The second kappa shape index (κ2) is 5.76. The Morgan fingerprint density at radius 2 is 0.538 bits per heavy atom. The van der Waals surface area contributed by atoms with E-state index in [1.54, 1.807) is 51.4 Å². The first-order chi connectivity index (χ1) is 13.0. The van der Waals surface area contributed by atoms with Gasteiger partial charge in [0.2, 0.25) is 0 Å². The zero-order valence-electron chi connectivity index (χ0n) is 16.8. The lowest BCUT2D eigenvalue weighted by Gasteiger charge is -2.90. The SMILES string of the molecule is C1CCCCCCC2C(CCCCC1)C1C2C2C1C1C3C4CCC4C3C21.[HH]. The van der Waals surface area contributed by atoms with Gasteiger partial charge in [0.1, 0.15) is 0 Å². The van der Waals surface area contributed by atoms with Gasteiger partial charge < -0.3 is 0 Å². The number of hydrogen-bond acceptors (Lipinski definition) is 0. The summed E-state index contributed by atoms with van der Waals surface area (Å²) in [5.41, 5.74) is 0. The van der Waals surface area contributed by atoms with Gasteiger partial charge in [-0.2, -0.15) is 0 Å². The van der Waals surface area contributed by atoms with Crippen LogP contribution in [-0.4, -0.2) is 0 Å². The second-order valence-electron chi connectivity index (χ2n) is 12.0. The summed E-state index contributed by atoms with van der Waals surface area (Å²) in [6.07, 6.45) is 22.0. The average molecular weight is 355 g/mol. The molecule has 7 fully saturated rings. The van der Waals surface area contributed by atoms with E-state index in [1.807, 2.05) is 0 Å². The minimum atomic E-state index is 0. The molecule has 0 spiro atoms. The van der Waals surface area contributed by atoms with Crippen LogP contribution in [0, 0.1) is 71.0 Å². The van der Waals surface area contributed by atoms with Gasteiger partial charge in [-0.15, -0.1) is 0 Å². The summed E-state index contributed by atoms with van der Waals surface area (Å²) in [6.45, 7) is 0. The van der Waals surface area contributed by atoms with E-state index in [1.165, 1.54) is 110 Å². The van der Waals surface area contributed by atoms with Crippen LogP contribution < -0.4 is 0 Å². The first-order valence-electron chi connectivity index (χ1n) is 13.0. The van der Waals surface area contributed by atoms with E-state index in [0.29, 0.717) is 0 Å². The zero-order chi connectivity index (χ0) is 16.8. The quantitative estimate of drug-likeness (QED) is 0.404. The summed E-state index contributed by atoms with van der Waals surface area (Å²) in [6, 6.07) is 0. The molecule has 0 radical (unpaired) electrons. The number of rotatable bonds is 0. The molecule has 26 heavy (non-hydrogen) atoms. The largest absolute Gasteiger partial charge is 0.0533 e. The van der Waals surface area contributed by atoms with Crippen molar-refractivity contribution < 1.29 is 1.43 Å². The van der Waals surface area contributed by atoms with Crippen LogP contribution in [0.4, 0.5) is 0 Å². The van der Waals surface area contributed by atoms with E-state index < -0.39 is 0 Å². The molecule has 0 aromatic rings. The fourth-order valence-corrected chi connectivity index (χ4v) is 10.7. The summed E-state index contributed by atoms with van der Waals surface area (Å²) in [5, 5.41) is 0. The standard InChI is InChI=1S/C26H40.H2/c1-2-4-6-8-10-12-16-15(11-9-7-5-3-1)19-20(16)24-23(19)25-21-17-13-14-18(17)22(21)26(24)25;/h15-26H,1-14H2;1H. The Labute approximate surface area is 162 Å². The van der Waals surface area contributed by atoms with E-state index in [9.17, 15) is 0 Å². The molecule has 0 N–H and O–H groups in total. The maximum absolute atomic E-state index is 1.63. The van der Waals surface area contributed by atoms with Crippen LogP contribution in [0.15, 0.2) is 0 Å². The number of hydrogen-bond donors (Lipinski definition) is 0.